The average Bonchev–Trinajstić information content (AvgIpc) is 2.80. The normalized spacial score (nSPS) is 13.4. The second-order valence-electron chi connectivity index (χ2n) is 8.56. The first kappa shape index (κ1) is 31.5. The summed E-state index contributed by atoms with van der Waals surface area (Å²) in [5.41, 5.74) is 23.4. The Balaban J connectivity index is 3.79. The molecule has 0 heterocycles. The summed E-state index contributed by atoms with van der Waals surface area (Å²) in [6.07, 6.45) is 16.0. The number of hydrogen-bond acceptors (Lipinski definition) is 4. The van der Waals surface area contributed by atoms with Crippen molar-refractivity contribution in [2.45, 2.75) is 104 Å². The summed E-state index contributed by atoms with van der Waals surface area (Å²) in [6, 6.07) is 0. The van der Waals surface area contributed by atoms with E-state index in [0.29, 0.717) is 36.9 Å². The molecule has 198 valence electrons. The van der Waals surface area contributed by atoms with Crippen LogP contribution in [0.3, 0.4) is 0 Å². The van der Waals surface area contributed by atoms with E-state index in [1.54, 1.807) is 0 Å². The largest absolute Gasteiger partial charge is 0.370 e. The molecule has 0 fully saturated rings. The third-order valence-corrected chi connectivity index (χ3v) is 5.23. The molecule has 0 atom stereocenters. The van der Waals surface area contributed by atoms with Gasteiger partial charge in [-0.15, -0.1) is 0 Å². The van der Waals surface area contributed by atoms with Crippen molar-refractivity contribution in [2.75, 3.05) is 26.2 Å². The van der Waals surface area contributed by atoms with Crippen LogP contribution < -0.4 is 33.6 Å². The lowest BCUT2D eigenvalue weighted by molar-refractivity contribution is 0.638. The monoisotopic (exact) mass is 480 g/mol. The number of nitrogens with two attached hydrogens (primary N) is 4. The zero-order chi connectivity index (χ0) is 25.3. The molecule has 0 amide bonds. The third-order valence-electron chi connectivity index (χ3n) is 5.23. The standard InChI is InChI=1S/C24H52N10/c1-3-5-7-9-13-17-29-21(25)33-23(27)31-19-15-11-12-16-20-32-24(28)34-22(26)30-18-14-10-8-6-4-2/h3-20H2,1-2H3,(H5,25,27,29,31,33)(H5,26,28,30,32,34). The fraction of sp³-hybridized carbons (Fsp3) is 0.833. The van der Waals surface area contributed by atoms with E-state index >= 15 is 0 Å². The topological polar surface area (TPSA) is 178 Å². The SMILES string of the molecule is CCCCCCCN=C(N)NC(N)=NCCCCCCN=C(N)NC(N)=NCCCCCCC. The van der Waals surface area contributed by atoms with Crippen LogP contribution >= 0.6 is 0 Å². The van der Waals surface area contributed by atoms with Gasteiger partial charge in [0.25, 0.3) is 0 Å². The van der Waals surface area contributed by atoms with E-state index in [1.807, 2.05) is 0 Å². The second-order valence-corrected chi connectivity index (χ2v) is 8.56. The molecule has 0 aromatic heterocycles. The van der Waals surface area contributed by atoms with Gasteiger partial charge in [0.1, 0.15) is 0 Å². The highest BCUT2D eigenvalue weighted by Gasteiger charge is 1.97. The number of unbranched alkanes of at least 4 members (excludes halogenated alkanes) is 11. The summed E-state index contributed by atoms with van der Waals surface area (Å²) >= 11 is 0. The molecular formula is C24H52N10. The Morgan fingerprint density at radius 1 is 0.412 bits per heavy atom. The van der Waals surface area contributed by atoms with Gasteiger partial charge < -0.3 is 22.9 Å². The van der Waals surface area contributed by atoms with Crippen molar-refractivity contribution in [2.24, 2.45) is 42.9 Å². The van der Waals surface area contributed by atoms with E-state index < -0.39 is 0 Å². The maximum absolute atomic E-state index is 5.86. The van der Waals surface area contributed by atoms with Crippen LogP contribution in [0.5, 0.6) is 0 Å². The second kappa shape index (κ2) is 23.6. The van der Waals surface area contributed by atoms with Gasteiger partial charge in [0.15, 0.2) is 23.8 Å². The summed E-state index contributed by atoms with van der Waals surface area (Å²) in [5.74, 6) is 1.30. The molecule has 0 bridgehead atoms. The fourth-order valence-corrected chi connectivity index (χ4v) is 3.23. The van der Waals surface area contributed by atoms with Gasteiger partial charge in [-0.3, -0.25) is 30.6 Å². The molecule has 0 spiro atoms. The first-order valence-electron chi connectivity index (χ1n) is 13.2. The molecule has 0 rings (SSSR count). The zero-order valence-corrected chi connectivity index (χ0v) is 21.8. The van der Waals surface area contributed by atoms with Gasteiger partial charge in [-0.1, -0.05) is 78.1 Å². The van der Waals surface area contributed by atoms with Gasteiger partial charge in [0, 0.05) is 26.2 Å². The number of rotatable bonds is 19. The third kappa shape index (κ3) is 22.7. The van der Waals surface area contributed by atoms with Crippen LogP contribution in [-0.4, -0.2) is 50.0 Å². The summed E-state index contributed by atoms with van der Waals surface area (Å²) in [4.78, 5) is 17.1. The van der Waals surface area contributed by atoms with Crippen molar-refractivity contribution in [3.8, 4) is 0 Å². The summed E-state index contributed by atoms with van der Waals surface area (Å²) in [7, 11) is 0. The van der Waals surface area contributed by atoms with Crippen molar-refractivity contribution < 1.29 is 0 Å². The van der Waals surface area contributed by atoms with Crippen molar-refractivity contribution >= 4 is 23.8 Å². The molecule has 10 N–H and O–H groups in total. The van der Waals surface area contributed by atoms with Gasteiger partial charge in [-0.2, -0.15) is 0 Å². The van der Waals surface area contributed by atoms with Crippen molar-refractivity contribution in [3.05, 3.63) is 0 Å². The average molecular weight is 481 g/mol. The molecular weight excluding hydrogens is 428 g/mol. The molecule has 0 aliphatic heterocycles. The zero-order valence-electron chi connectivity index (χ0n) is 21.8. The van der Waals surface area contributed by atoms with Gasteiger partial charge in [-0.25, -0.2) is 0 Å². The molecule has 34 heavy (non-hydrogen) atoms. The summed E-state index contributed by atoms with van der Waals surface area (Å²) in [5, 5.41) is 5.68. The van der Waals surface area contributed by atoms with Crippen LogP contribution in [0.4, 0.5) is 0 Å². The first-order chi connectivity index (χ1) is 16.5. The fourth-order valence-electron chi connectivity index (χ4n) is 3.23. The molecule has 0 saturated heterocycles. The minimum absolute atomic E-state index is 0.316. The number of guanidine groups is 4. The van der Waals surface area contributed by atoms with Crippen LogP contribution in [-0.2, 0) is 0 Å². The maximum atomic E-state index is 5.86. The first-order valence-corrected chi connectivity index (χ1v) is 13.2. The van der Waals surface area contributed by atoms with Crippen LogP contribution in [0.15, 0.2) is 20.0 Å². The summed E-state index contributed by atoms with van der Waals surface area (Å²) < 4.78 is 0. The minimum Gasteiger partial charge on any atom is -0.370 e. The Labute approximate surface area is 207 Å². The molecule has 0 saturated carbocycles. The van der Waals surface area contributed by atoms with Crippen LogP contribution in [0.2, 0.25) is 0 Å². The number of nitrogens with zero attached hydrogens (tertiary/aromatic N) is 4. The molecule has 0 aromatic rings. The highest BCUT2D eigenvalue weighted by molar-refractivity contribution is 5.97. The van der Waals surface area contributed by atoms with E-state index in [0.717, 1.165) is 51.6 Å². The molecule has 0 unspecified atom stereocenters. The maximum Gasteiger partial charge on any atom is 0.195 e. The molecule has 10 nitrogen and oxygen atoms in total. The molecule has 10 heteroatoms. The predicted molar refractivity (Wildman–Crippen MR) is 148 cm³/mol. The van der Waals surface area contributed by atoms with Crippen LogP contribution in [0.1, 0.15) is 104 Å². The highest BCUT2D eigenvalue weighted by Crippen LogP contribution is 2.03. The van der Waals surface area contributed by atoms with E-state index in [-0.39, 0.29) is 0 Å². The Morgan fingerprint density at radius 2 is 0.647 bits per heavy atom. The lowest BCUT2D eigenvalue weighted by atomic mass is 10.2. The molecule has 0 aromatic carbocycles. The van der Waals surface area contributed by atoms with Crippen molar-refractivity contribution in [1.29, 1.82) is 0 Å². The van der Waals surface area contributed by atoms with Crippen molar-refractivity contribution in [3.63, 3.8) is 0 Å². The van der Waals surface area contributed by atoms with Crippen LogP contribution in [0, 0.1) is 0 Å². The smallest absolute Gasteiger partial charge is 0.195 e. The van der Waals surface area contributed by atoms with Crippen LogP contribution in [0.25, 0.3) is 0 Å². The lowest BCUT2D eigenvalue weighted by Crippen LogP contribution is -2.41. The highest BCUT2D eigenvalue weighted by atomic mass is 15.2. The van der Waals surface area contributed by atoms with Gasteiger partial charge in [-0.05, 0) is 25.7 Å². The number of nitrogens with one attached hydrogen (secondary N) is 2. The van der Waals surface area contributed by atoms with E-state index in [4.69, 9.17) is 22.9 Å². The lowest BCUT2D eigenvalue weighted by Gasteiger charge is -2.06. The molecule has 0 radical (unpaired) electrons. The molecule has 0 aliphatic rings. The van der Waals surface area contributed by atoms with Gasteiger partial charge in [0.05, 0.1) is 0 Å². The van der Waals surface area contributed by atoms with E-state index in [1.165, 1.54) is 51.4 Å². The Morgan fingerprint density at radius 3 is 0.882 bits per heavy atom. The predicted octanol–water partition coefficient (Wildman–Crippen LogP) is 2.93. The summed E-state index contributed by atoms with van der Waals surface area (Å²) in [6.45, 7) is 7.16. The quantitative estimate of drug-likeness (QED) is 0.0939. The number of aliphatic imine (C=N–C) groups is 4. The minimum atomic E-state index is 0.316. The molecule has 0 aliphatic carbocycles. The van der Waals surface area contributed by atoms with E-state index in [9.17, 15) is 0 Å². The van der Waals surface area contributed by atoms with E-state index in [2.05, 4.69) is 44.5 Å². The van der Waals surface area contributed by atoms with Gasteiger partial charge in [0.2, 0.25) is 0 Å². The van der Waals surface area contributed by atoms with Crippen molar-refractivity contribution in [1.82, 2.24) is 10.6 Å². The number of hydrogen-bond donors (Lipinski definition) is 6. The Kier molecular flexibility index (Phi) is 21.9. The Hall–Kier alpha value is -2.52. The Bertz CT molecular complexity index is 547. The van der Waals surface area contributed by atoms with Gasteiger partial charge >= 0.3 is 0 Å².